The van der Waals surface area contributed by atoms with Crippen LogP contribution < -0.4 is 0 Å². The molecular formula is C8H11IN2S. The summed E-state index contributed by atoms with van der Waals surface area (Å²) in [6, 6.07) is 0. The highest BCUT2D eigenvalue weighted by Gasteiger charge is 2.12. The van der Waals surface area contributed by atoms with Gasteiger partial charge in [-0.25, -0.2) is 4.98 Å². The Bertz CT molecular complexity index is 255. The molecule has 0 unspecified atom stereocenters. The molecule has 1 saturated heterocycles. The van der Waals surface area contributed by atoms with E-state index < -0.39 is 0 Å². The van der Waals surface area contributed by atoms with Crippen molar-refractivity contribution in [3.63, 3.8) is 0 Å². The van der Waals surface area contributed by atoms with Gasteiger partial charge in [0, 0.05) is 0 Å². The minimum absolute atomic E-state index is 1.06. The van der Waals surface area contributed by atoms with Crippen molar-refractivity contribution < 1.29 is 0 Å². The quantitative estimate of drug-likeness (QED) is 0.778. The Balaban J connectivity index is 1.94. The lowest BCUT2D eigenvalue weighted by molar-refractivity contribution is 0.331. The lowest BCUT2D eigenvalue weighted by Gasteiger charge is -2.11. The Labute approximate surface area is 90.1 Å². The van der Waals surface area contributed by atoms with E-state index in [4.69, 9.17) is 0 Å². The summed E-state index contributed by atoms with van der Waals surface area (Å²) in [4.78, 5) is 6.83. The standard InChI is InChI=1S/C8H11IN2S/c9-7-5-10-8(12-7)6-11-3-1-2-4-11/h5H,1-4,6H2. The van der Waals surface area contributed by atoms with Crippen LogP contribution in [0.5, 0.6) is 0 Å². The van der Waals surface area contributed by atoms with Gasteiger partial charge >= 0.3 is 0 Å². The topological polar surface area (TPSA) is 16.1 Å². The van der Waals surface area contributed by atoms with Gasteiger partial charge in [0.1, 0.15) is 5.01 Å². The fourth-order valence-corrected chi connectivity index (χ4v) is 3.08. The van der Waals surface area contributed by atoms with Gasteiger partial charge < -0.3 is 0 Å². The zero-order chi connectivity index (χ0) is 8.39. The third kappa shape index (κ3) is 2.17. The van der Waals surface area contributed by atoms with Crippen LogP contribution in [0.4, 0.5) is 0 Å². The molecule has 1 aromatic heterocycles. The summed E-state index contributed by atoms with van der Waals surface area (Å²) in [5.41, 5.74) is 0. The Morgan fingerprint density at radius 3 is 2.83 bits per heavy atom. The van der Waals surface area contributed by atoms with Gasteiger partial charge in [0.15, 0.2) is 0 Å². The number of rotatable bonds is 2. The first kappa shape index (κ1) is 8.90. The molecule has 2 nitrogen and oxygen atoms in total. The molecule has 66 valence electrons. The van der Waals surface area contributed by atoms with Crippen molar-refractivity contribution in [3.8, 4) is 0 Å². The van der Waals surface area contributed by atoms with Gasteiger partial charge in [-0.3, -0.25) is 4.90 Å². The molecule has 1 aromatic rings. The van der Waals surface area contributed by atoms with E-state index in [1.165, 1.54) is 33.8 Å². The van der Waals surface area contributed by atoms with Crippen LogP contribution in [0, 0.1) is 2.88 Å². The summed E-state index contributed by atoms with van der Waals surface area (Å²) >= 11 is 4.13. The summed E-state index contributed by atoms with van der Waals surface area (Å²) in [7, 11) is 0. The molecule has 0 spiro atoms. The number of halogens is 1. The predicted octanol–water partition coefficient (Wildman–Crippen LogP) is 2.34. The number of aromatic nitrogens is 1. The Morgan fingerprint density at radius 1 is 1.50 bits per heavy atom. The van der Waals surface area contributed by atoms with Crippen LogP contribution >= 0.6 is 33.9 Å². The molecule has 0 amide bonds. The second-order valence-electron chi connectivity index (χ2n) is 3.04. The zero-order valence-electron chi connectivity index (χ0n) is 6.79. The molecule has 0 aromatic carbocycles. The molecule has 0 bridgehead atoms. The molecule has 1 aliphatic rings. The van der Waals surface area contributed by atoms with Crippen molar-refractivity contribution in [2.24, 2.45) is 0 Å². The normalized spacial score (nSPS) is 18.8. The summed E-state index contributed by atoms with van der Waals surface area (Å²) in [5, 5.41) is 1.27. The third-order valence-corrected chi connectivity index (χ3v) is 3.79. The number of hydrogen-bond donors (Lipinski definition) is 0. The first-order chi connectivity index (χ1) is 5.84. The maximum absolute atomic E-state index is 4.35. The molecular weight excluding hydrogens is 283 g/mol. The summed E-state index contributed by atoms with van der Waals surface area (Å²) in [6.45, 7) is 3.58. The van der Waals surface area contributed by atoms with Crippen molar-refractivity contribution in [1.82, 2.24) is 9.88 Å². The van der Waals surface area contributed by atoms with E-state index >= 15 is 0 Å². The van der Waals surface area contributed by atoms with Crippen molar-refractivity contribution in [1.29, 1.82) is 0 Å². The fourth-order valence-electron chi connectivity index (χ4n) is 1.49. The van der Waals surface area contributed by atoms with Crippen LogP contribution in [-0.2, 0) is 6.54 Å². The van der Waals surface area contributed by atoms with Crippen molar-refractivity contribution in [2.45, 2.75) is 19.4 Å². The average molecular weight is 294 g/mol. The lowest BCUT2D eigenvalue weighted by Crippen LogP contribution is -2.17. The van der Waals surface area contributed by atoms with Crippen LogP contribution in [0.15, 0.2) is 6.20 Å². The van der Waals surface area contributed by atoms with Crippen molar-refractivity contribution >= 4 is 33.9 Å². The monoisotopic (exact) mass is 294 g/mol. The van der Waals surface area contributed by atoms with E-state index in [9.17, 15) is 0 Å². The molecule has 0 atom stereocenters. The van der Waals surface area contributed by atoms with Crippen LogP contribution in [0.1, 0.15) is 17.8 Å². The summed E-state index contributed by atoms with van der Waals surface area (Å²) < 4.78 is 1.29. The molecule has 1 aliphatic heterocycles. The fraction of sp³-hybridized carbons (Fsp3) is 0.625. The number of nitrogens with zero attached hydrogens (tertiary/aromatic N) is 2. The maximum Gasteiger partial charge on any atom is 0.108 e. The second-order valence-corrected chi connectivity index (χ2v) is 6.05. The van der Waals surface area contributed by atoms with E-state index in [2.05, 4.69) is 32.5 Å². The summed E-state index contributed by atoms with van der Waals surface area (Å²) in [6.07, 6.45) is 4.68. The van der Waals surface area contributed by atoms with Crippen LogP contribution in [-0.4, -0.2) is 23.0 Å². The highest BCUT2D eigenvalue weighted by molar-refractivity contribution is 14.1. The molecule has 0 N–H and O–H groups in total. The molecule has 4 heteroatoms. The molecule has 1 fully saturated rings. The van der Waals surface area contributed by atoms with Gasteiger partial charge in [-0.1, -0.05) is 0 Å². The minimum Gasteiger partial charge on any atom is -0.297 e. The van der Waals surface area contributed by atoms with E-state index in [1.807, 2.05) is 17.5 Å². The zero-order valence-corrected chi connectivity index (χ0v) is 9.77. The SMILES string of the molecule is Ic1cnc(CN2CCCC2)s1. The lowest BCUT2D eigenvalue weighted by atomic mass is 10.4. The smallest absolute Gasteiger partial charge is 0.108 e. The van der Waals surface area contributed by atoms with Crippen LogP contribution in [0.2, 0.25) is 0 Å². The largest absolute Gasteiger partial charge is 0.297 e. The summed E-state index contributed by atoms with van der Waals surface area (Å²) in [5.74, 6) is 0. The number of likely N-dealkylation sites (tertiary alicyclic amines) is 1. The van der Waals surface area contributed by atoms with Crippen molar-refractivity contribution in [3.05, 3.63) is 14.1 Å². The van der Waals surface area contributed by atoms with E-state index in [-0.39, 0.29) is 0 Å². The van der Waals surface area contributed by atoms with Gasteiger partial charge in [0.05, 0.1) is 15.6 Å². The van der Waals surface area contributed by atoms with Gasteiger partial charge in [0.25, 0.3) is 0 Å². The number of thiazole rings is 1. The molecule has 0 radical (unpaired) electrons. The molecule has 2 rings (SSSR count). The van der Waals surface area contributed by atoms with Gasteiger partial charge in [-0.15, -0.1) is 11.3 Å². The average Bonchev–Trinajstić information content (AvgIpc) is 2.63. The third-order valence-electron chi connectivity index (χ3n) is 2.08. The predicted molar refractivity (Wildman–Crippen MR) is 59.3 cm³/mol. The van der Waals surface area contributed by atoms with E-state index in [1.54, 1.807) is 0 Å². The minimum atomic E-state index is 1.06. The molecule has 2 heterocycles. The van der Waals surface area contributed by atoms with Crippen LogP contribution in [0.3, 0.4) is 0 Å². The van der Waals surface area contributed by atoms with E-state index in [0.717, 1.165) is 6.54 Å². The molecule has 0 aliphatic carbocycles. The maximum atomic E-state index is 4.35. The van der Waals surface area contributed by atoms with Gasteiger partial charge in [-0.05, 0) is 48.5 Å². The van der Waals surface area contributed by atoms with Crippen molar-refractivity contribution in [2.75, 3.05) is 13.1 Å². The van der Waals surface area contributed by atoms with Crippen LogP contribution in [0.25, 0.3) is 0 Å². The Hall–Kier alpha value is 0.320. The second kappa shape index (κ2) is 4.02. The highest BCUT2D eigenvalue weighted by Crippen LogP contribution is 2.18. The van der Waals surface area contributed by atoms with Gasteiger partial charge in [0.2, 0.25) is 0 Å². The Morgan fingerprint density at radius 2 is 2.25 bits per heavy atom. The first-order valence-corrected chi connectivity index (χ1v) is 6.07. The van der Waals surface area contributed by atoms with E-state index in [0.29, 0.717) is 0 Å². The van der Waals surface area contributed by atoms with Gasteiger partial charge in [-0.2, -0.15) is 0 Å². The molecule has 0 saturated carbocycles. The first-order valence-electron chi connectivity index (χ1n) is 4.17. The highest BCUT2D eigenvalue weighted by atomic mass is 127. The molecule has 12 heavy (non-hydrogen) atoms. The number of hydrogen-bond acceptors (Lipinski definition) is 3. The Kier molecular flexibility index (Phi) is 2.98.